The lowest BCUT2D eigenvalue weighted by Crippen LogP contribution is -2.32. The number of hydrogen-bond donors (Lipinski definition) is 1. The maximum atomic E-state index is 6.09. The predicted octanol–water partition coefficient (Wildman–Crippen LogP) is 3.33. The van der Waals surface area contributed by atoms with E-state index in [1.807, 2.05) is 12.1 Å². The molecule has 1 aromatic rings. The second-order valence-corrected chi connectivity index (χ2v) is 5.30. The molecule has 0 saturated heterocycles. The molecule has 0 spiro atoms. The highest BCUT2D eigenvalue weighted by atomic mass is 35.5. The van der Waals surface area contributed by atoms with E-state index in [1.54, 1.807) is 7.11 Å². The van der Waals surface area contributed by atoms with E-state index in [2.05, 4.69) is 17.4 Å². The van der Waals surface area contributed by atoms with Crippen LogP contribution in [0.1, 0.15) is 31.2 Å². The number of benzene rings is 1. The Bertz CT molecular complexity index is 348. The van der Waals surface area contributed by atoms with Crippen LogP contribution in [0.15, 0.2) is 24.3 Å². The van der Waals surface area contributed by atoms with E-state index in [-0.39, 0.29) is 0 Å². The zero-order valence-electron chi connectivity index (χ0n) is 10.3. The molecule has 3 heteroatoms. The van der Waals surface area contributed by atoms with Crippen LogP contribution in [0.5, 0.6) is 5.75 Å². The highest BCUT2D eigenvalue weighted by molar-refractivity contribution is 6.20. The lowest BCUT2D eigenvalue weighted by Gasteiger charge is -2.26. The number of alkyl halides is 1. The maximum Gasteiger partial charge on any atom is 0.119 e. The summed E-state index contributed by atoms with van der Waals surface area (Å²) in [7, 11) is 1.70. The number of nitrogens with one attached hydrogen (secondary N) is 1. The van der Waals surface area contributed by atoms with Crippen LogP contribution in [-0.2, 0) is 6.54 Å². The van der Waals surface area contributed by atoms with Gasteiger partial charge in [-0.3, -0.25) is 0 Å². The van der Waals surface area contributed by atoms with E-state index in [1.165, 1.54) is 18.4 Å². The minimum Gasteiger partial charge on any atom is -0.497 e. The van der Waals surface area contributed by atoms with Gasteiger partial charge in [-0.25, -0.2) is 0 Å². The summed E-state index contributed by atoms with van der Waals surface area (Å²) in [4.78, 5) is 0. The van der Waals surface area contributed by atoms with Crippen molar-refractivity contribution in [2.24, 2.45) is 0 Å². The Kier molecular flexibility index (Phi) is 4.69. The summed E-state index contributed by atoms with van der Waals surface area (Å²) in [6.07, 6.45) is 4.66. The van der Waals surface area contributed by atoms with Crippen molar-refractivity contribution in [3.05, 3.63) is 29.8 Å². The van der Waals surface area contributed by atoms with Gasteiger partial charge in [0.15, 0.2) is 0 Å². The average molecular weight is 254 g/mol. The minimum absolute atomic E-state index is 0.393. The summed E-state index contributed by atoms with van der Waals surface area (Å²) >= 11 is 6.09. The molecule has 0 radical (unpaired) electrons. The molecular formula is C14H20ClNO. The van der Waals surface area contributed by atoms with E-state index in [9.17, 15) is 0 Å². The zero-order chi connectivity index (χ0) is 12.1. The van der Waals surface area contributed by atoms with Gasteiger partial charge in [-0.05, 0) is 43.4 Å². The van der Waals surface area contributed by atoms with Gasteiger partial charge in [-0.2, -0.15) is 0 Å². The number of halogens is 1. The first-order valence-corrected chi connectivity index (χ1v) is 6.72. The third-order valence-electron chi connectivity index (χ3n) is 3.39. The SMILES string of the molecule is COc1cccc(CNC2CCC(Cl)CC2)c1. The second-order valence-electron chi connectivity index (χ2n) is 4.68. The summed E-state index contributed by atoms with van der Waals surface area (Å²) in [5.41, 5.74) is 1.28. The summed E-state index contributed by atoms with van der Waals surface area (Å²) in [6, 6.07) is 8.84. The van der Waals surface area contributed by atoms with E-state index < -0.39 is 0 Å². The van der Waals surface area contributed by atoms with Crippen molar-refractivity contribution in [3.8, 4) is 5.75 Å². The molecule has 0 aromatic heterocycles. The van der Waals surface area contributed by atoms with Crippen LogP contribution in [0.25, 0.3) is 0 Å². The first-order valence-electron chi connectivity index (χ1n) is 6.28. The molecule has 1 fully saturated rings. The molecule has 0 amide bonds. The van der Waals surface area contributed by atoms with E-state index in [0.29, 0.717) is 11.4 Å². The van der Waals surface area contributed by atoms with Crippen LogP contribution in [0.2, 0.25) is 0 Å². The lowest BCUT2D eigenvalue weighted by atomic mass is 9.95. The molecule has 2 rings (SSSR count). The Hall–Kier alpha value is -0.730. The van der Waals surface area contributed by atoms with Crippen molar-refractivity contribution in [3.63, 3.8) is 0 Å². The molecule has 17 heavy (non-hydrogen) atoms. The number of hydrogen-bond acceptors (Lipinski definition) is 2. The lowest BCUT2D eigenvalue weighted by molar-refractivity contribution is 0.375. The standard InChI is InChI=1S/C14H20ClNO/c1-17-14-4-2-3-11(9-14)10-16-13-7-5-12(15)6-8-13/h2-4,9,12-13,16H,5-8,10H2,1H3. The predicted molar refractivity (Wildman–Crippen MR) is 71.7 cm³/mol. The Balaban J connectivity index is 1.81. The van der Waals surface area contributed by atoms with Crippen LogP contribution in [0.3, 0.4) is 0 Å². The van der Waals surface area contributed by atoms with Crippen molar-refractivity contribution >= 4 is 11.6 Å². The molecule has 1 aliphatic carbocycles. The smallest absolute Gasteiger partial charge is 0.119 e. The summed E-state index contributed by atoms with van der Waals surface area (Å²) in [5, 5.41) is 3.99. The highest BCUT2D eigenvalue weighted by Gasteiger charge is 2.18. The van der Waals surface area contributed by atoms with Crippen LogP contribution >= 0.6 is 11.6 Å². The van der Waals surface area contributed by atoms with Gasteiger partial charge >= 0.3 is 0 Å². The molecule has 1 N–H and O–H groups in total. The van der Waals surface area contributed by atoms with E-state index in [0.717, 1.165) is 25.1 Å². The third-order valence-corrected chi connectivity index (χ3v) is 3.82. The van der Waals surface area contributed by atoms with Gasteiger partial charge in [0.2, 0.25) is 0 Å². The van der Waals surface area contributed by atoms with Gasteiger partial charge < -0.3 is 10.1 Å². The molecular weight excluding hydrogens is 234 g/mol. The van der Waals surface area contributed by atoms with Crippen molar-refractivity contribution in [2.45, 2.75) is 43.6 Å². The van der Waals surface area contributed by atoms with Crippen molar-refractivity contribution in [2.75, 3.05) is 7.11 Å². The zero-order valence-corrected chi connectivity index (χ0v) is 11.0. The highest BCUT2D eigenvalue weighted by Crippen LogP contribution is 2.23. The molecule has 0 bridgehead atoms. The largest absolute Gasteiger partial charge is 0.497 e. The van der Waals surface area contributed by atoms with Gasteiger partial charge in [-0.1, -0.05) is 12.1 Å². The Labute approximate surface area is 108 Å². The Morgan fingerprint density at radius 3 is 2.76 bits per heavy atom. The summed E-state index contributed by atoms with van der Waals surface area (Å²) in [5.74, 6) is 0.925. The minimum atomic E-state index is 0.393. The summed E-state index contributed by atoms with van der Waals surface area (Å²) in [6.45, 7) is 0.912. The molecule has 0 aliphatic heterocycles. The molecule has 0 heterocycles. The molecule has 94 valence electrons. The van der Waals surface area contributed by atoms with Crippen molar-refractivity contribution in [1.82, 2.24) is 5.32 Å². The van der Waals surface area contributed by atoms with Gasteiger partial charge in [0.1, 0.15) is 5.75 Å². The molecule has 0 unspecified atom stereocenters. The van der Waals surface area contributed by atoms with Gasteiger partial charge in [0, 0.05) is 18.0 Å². The first-order chi connectivity index (χ1) is 8.28. The van der Waals surface area contributed by atoms with Gasteiger partial charge in [-0.15, -0.1) is 11.6 Å². The van der Waals surface area contributed by atoms with Crippen LogP contribution in [0.4, 0.5) is 0 Å². The Morgan fingerprint density at radius 1 is 1.29 bits per heavy atom. The fourth-order valence-electron chi connectivity index (χ4n) is 2.30. The van der Waals surface area contributed by atoms with Crippen LogP contribution in [-0.4, -0.2) is 18.5 Å². The molecule has 1 aliphatic rings. The summed E-state index contributed by atoms with van der Waals surface area (Å²) < 4.78 is 5.22. The second kappa shape index (κ2) is 6.27. The van der Waals surface area contributed by atoms with Crippen LogP contribution < -0.4 is 10.1 Å². The quantitative estimate of drug-likeness (QED) is 0.831. The van der Waals surface area contributed by atoms with E-state index >= 15 is 0 Å². The molecule has 2 nitrogen and oxygen atoms in total. The number of methoxy groups -OCH3 is 1. The fourth-order valence-corrected chi connectivity index (χ4v) is 2.55. The van der Waals surface area contributed by atoms with Crippen molar-refractivity contribution in [1.29, 1.82) is 0 Å². The molecule has 1 aromatic carbocycles. The number of ether oxygens (including phenoxy) is 1. The van der Waals surface area contributed by atoms with Crippen molar-refractivity contribution < 1.29 is 4.74 Å². The Morgan fingerprint density at radius 2 is 2.06 bits per heavy atom. The average Bonchev–Trinajstić information content (AvgIpc) is 2.38. The first kappa shape index (κ1) is 12.7. The van der Waals surface area contributed by atoms with Gasteiger partial charge in [0.25, 0.3) is 0 Å². The third kappa shape index (κ3) is 3.90. The fraction of sp³-hybridized carbons (Fsp3) is 0.571. The van der Waals surface area contributed by atoms with Crippen LogP contribution in [0, 0.1) is 0 Å². The number of rotatable bonds is 4. The monoisotopic (exact) mass is 253 g/mol. The molecule has 1 saturated carbocycles. The normalized spacial score (nSPS) is 24.6. The van der Waals surface area contributed by atoms with E-state index in [4.69, 9.17) is 16.3 Å². The molecule has 0 atom stereocenters. The van der Waals surface area contributed by atoms with Gasteiger partial charge in [0.05, 0.1) is 7.11 Å². The topological polar surface area (TPSA) is 21.3 Å². The maximum absolute atomic E-state index is 6.09.